The molecule has 18 heavy (non-hydrogen) atoms. The van der Waals surface area contributed by atoms with E-state index in [0.717, 1.165) is 10.8 Å². The normalized spacial score (nSPS) is 19.2. The van der Waals surface area contributed by atoms with E-state index in [4.69, 9.17) is 0 Å². The molecule has 0 amide bonds. The summed E-state index contributed by atoms with van der Waals surface area (Å²) in [6, 6.07) is 11.9. The zero-order valence-corrected chi connectivity index (χ0v) is 11.0. The molecule has 1 atom stereocenters. The fourth-order valence-corrected chi connectivity index (χ4v) is 3.65. The minimum Gasteiger partial charge on any atom is -0.507 e. The number of rotatable bonds is 2. The van der Waals surface area contributed by atoms with Gasteiger partial charge in [0.25, 0.3) is 0 Å². The highest BCUT2D eigenvalue weighted by Crippen LogP contribution is 2.37. The van der Waals surface area contributed by atoms with E-state index in [-0.39, 0.29) is 0 Å². The number of phenolic OH excluding ortho intramolecular Hbond substituents is 1. The number of benzene rings is 2. The molecule has 0 spiro atoms. The van der Waals surface area contributed by atoms with Gasteiger partial charge in [0, 0.05) is 15.5 Å². The topological polar surface area (TPSA) is 20.2 Å². The van der Waals surface area contributed by atoms with Gasteiger partial charge in [-0.1, -0.05) is 36.4 Å². The van der Waals surface area contributed by atoms with Crippen LogP contribution in [-0.2, 0) is 0 Å². The van der Waals surface area contributed by atoms with Crippen molar-refractivity contribution in [3.8, 4) is 5.75 Å². The van der Waals surface area contributed by atoms with Crippen molar-refractivity contribution in [3.05, 3.63) is 48.6 Å². The summed E-state index contributed by atoms with van der Waals surface area (Å²) in [7, 11) is 0. The van der Waals surface area contributed by atoms with Crippen LogP contribution in [0.5, 0.6) is 5.75 Å². The van der Waals surface area contributed by atoms with E-state index in [9.17, 15) is 5.11 Å². The van der Waals surface area contributed by atoms with Crippen molar-refractivity contribution in [3.63, 3.8) is 0 Å². The van der Waals surface area contributed by atoms with Gasteiger partial charge in [-0.3, -0.25) is 0 Å². The van der Waals surface area contributed by atoms with Gasteiger partial charge >= 0.3 is 0 Å². The van der Waals surface area contributed by atoms with E-state index in [1.54, 1.807) is 6.07 Å². The van der Waals surface area contributed by atoms with Gasteiger partial charge in [0.15, 0.2) is 0 Å². The molecule has 1 nitrogen and oxygen atoms in total. The van der Waals surface area contributed by atoms with E-state index < -0.39 is 0 Å². The van der Waals surface area contributed by atoms with Gasteiger partial charge in [-0.25, -0.2) is 0 Å². The van der Waals surface area contributed by atoms with Crippen LogP contribution >= 0.6 is 11.8 Å². The third-order valence-corrected chi connectivity index (χ3v) is 4.66. The lowest BCUT2D eigenvalue weighted by atomic mass is 10.1. The first-order valence-electron chi connectivity index (χ1n) is 6.38. The summed E-state index contributed by atoms with van der Waals surface area (Å²) < 4.78 is 0. The Bertz CT molecular complexity index is 589. The molecule has 2 aromatic rings. The molecule has 2 heteroatoms. The minimum absolute atomic E-state index is 0.370. The molecule has 0 bridgehead atoms. The summed E-state index contributed by atoms with van der Waals surface area (Å²) in [6.45, 7) is 0. The van der Waals surface area contributed by atoms with Crippen LogP contribution in [0.4, 0.5) is 0 Å². The molecule has 0 aromatic heterocycles. The molecule has 1 aliphatic carbocycles. The van der Waals surface area contributed by atoms with Crippen molar-refractivity contribution < 1.29 is 5.11 Å². The number of hydrogen-bond acceptors (Lipinski definition) is 2. The van der Waals surface area contributed by atoms with Crippen LogP contribution in [0.15, 0.2) is 53.4 Å². The molecule has 92 valence electrons. The Morgan fingerprint density at radius 3 is 2.67 bits per heavy atom. The van der Waals surface area contributed by atoms with Crippen LogP contribution in [0.3, 0.4) is 0 Å². The highest BCUT2D eigenvalue weighted by molar-refractivity contribution is 8.00. The van der Waals surface area contributed by atoms with Crippen LogP contribution < -0.4 is 0 Å². The Morgan fingerprint density at radius 1 is 1.06 bits per heavy atom. The second-order valence-corrected chi connectivity index (χ2v) is 5.92. The van der Waals surface area contributed by atoms with E-state index in [1.807, 2.05) is 36.0 Å². The lowest BCUT2D eigenvalue weighted by Gasteiger charge is -2.17. The molecular weight excluding hydrogens is 240 g/mol. The average molecular weight is 256 g/mol. The zero-order valence-electron chi connectivity index (χ0n) is 10.2. The predicted octanol–water partition coefficient (Wildman–Crippen LogP) is 4.75. The van der Waals surface area contributed by atoms with E-state index in [0.29, 0.717) is 11.0 Å². The van der Waals surface area contributed by atoms with Crippen LogP contribution in [0, 0.1) is 0 Å². The Hall–Kier alpha value is -1.41. The molecule has 0 radical (unpaired) electrons. The molecule has 0 heterocycles. The Kier molecular flexibility index (Phi) is 3.28. The van der Waals surface area contributed by atoms with Crippen molar-refractivity contribution in [2.45, 2.75) is 29.4 Å². The predicted molar refractivity (Wildman–Crippen MR) is 78.2 cm³/mol. The third-order valence-electron chi connectivity index (χ3n) is 3.35. The summed E-state index contributed by atoms with van der Waals surface area (Å²) in [4.78, 5) is 1.26. The van der Waals surface area contributed by atoms with Crippen molar-refractivity contribution in [2.75, 3.05) is 0 Å². The SMILES string of the molecule is Oc1ccc(SC2C=CCCC2)c2ccccc12. The minimum atomic E-state index is 0.370. The van der Waals surface area contributed by atoms with Crippen molar-refractivity contribution >= 4 is 22.5 Å². The number of hydrogen-bond donors (Lipinski definition) is 1. The molecule has 0 fully saturated rings. The van der Waals surface area contributed by atoms with Gasteiger partial charge in [0.05, 0.1) is 0 Å². The van der Waals surface area contributed by atoms with Gasteiger partial charge < -0.3 is 5.11 Å². The highest BCUT2D eigenvalue weighted by Gasteiger charge is 2.12. The Labute approximate surface area is 112 Å². The van der Waals surface area contributed by atoms with Crippen molar-refractivity contribution in [1.29, 1.82) is 0 Å². The van der Waals surface area contributed by atoms with Crippen molar-refractivity contribution in [2.24, 2.45) is 0 Å². The molecule has 1 aliphatic rings. The smallest absolute Gasteiger partial charge is 0.123 e. The number of aromatic hydroxyl groups is 1. The van der Waals surface area contributed by atoms with E-state index >= 15 is 0 Å². The first-order valence-corrected chi connectivity index (χ1v) is 7.26. The monoisotopic (exact) mass is 256 g/mol. The lowest BCUT2D eigenvalue weighted by molar-refractivity contribution is 0.481. The Balaban J connectivity index is 1.99. The average Bonchev–Trinajstić information content (AvgIpc) is 2.44. The molecule has 1 N–H and O–H groups in total. The van der Waals surface area contributed by atoms with E-state index in [1.165, 1.54) is 24.2 Å². The molecule has 0 aliphatic heterocycles. The number of fused-ring (bicyclic) bond motifs is 1. The summed E-state index contributed by atoms with van der Waals surface area (Å²) in [5.74, 6) is 0.370. The molecule has 1 unspecified atom stereocenters. The van der Waals surface area contributed by atoms with Crippen molar-refractivity contribution in [1.82, 2.24) is 0 Å². The number of thioether (sulfide) groups is 1. The first kappa shape index (κ1) is 11.7. The number of phenols is 1. The third kappa shape index (κ3) is 2.25. The second-order valence-electron chi connectivity index (χ2n) is 4.64. The van der Waals surface area contributed by atoms with Gasteiger partial charge in [-0.15, -0.1) is 11.8 Å². The van der Waals surface area contributed by atoms with Crippen LogP contribution in [-0.4, -0.2) is 10.4 Å². The fourth-order valence-electron chi connectivity index (χ4n) is 2.40. The van der Waals surface area contributed by atoms with E-state index in [2.05, 4.69) is 18.2 Å². The molecular formula is C16H16OS. The maximum Gasteiger partial charge on any atom is 0.123 e. The largest absolute Gasteiger partial charge is 0.507 e. The maximum absolute atomic E-state index is 9.88. The lowest BCUT2D eigenvalue weighted by Crippen LogP contribution is -2.01. The van der Waals surface area contributed by atoms with Gasteiger partial charge in [-0.05, 0) is 36.8 Å². The summed E-state index contributed by atoms with van der Waals surface area (Å²) in [5, 5.41) is 12.6. The summed E-state index contributed by atoms with van der Waals surface area (Å²) in [5.41, 5.74) is 0. The summed E-state index contributed by atoms with van der Waals surface area (Å²) in [6.07, 6.45) is 8.34. The quantitative estimate of drug-likeness (QED) is 0.783. The van der Waals surface area contributed by atoms with Crippen LogP contribution in [0.25, 0.3) is 10.8 Å². The maximum atomic E-state index is 9.88. The molecule has 0 saturated heterocycles. The van der Waals surface area contributed by atoms with Gasteiger partial charge in [0.2, 0.25) is 0 Å². The standard InChI is InChI=1S/C16H16OS/c17-15-10-11-16(14-9-5-4-8-13(14)15)18-12-6-2-1-3-7-12/h2,4-6,8-12,17H,1,3,7H2. The Morgan fingerprint density at radius 2 is 1.89 bits per heavy atom. The molecule has 0 saturated carbocycles. The van der Waals surface area contributed by atoms with Crippen LogP contribution in [0.2, 0.25) is 0 Å². The molecule has 3 rings (SSSR count). The number of allylic oxidation sites excluding steroid dienone is 1. The highest BCUT2D eigenvalue weighted by atomic mass is 32.2. The second kappa shape index (κ2) is 5.07. The zero-order chi connectivity index (χ0) is 12.4. The fraction of sp³-hybridized carbons (Fsp3) is 0.250. The van der Waals surface area contributed by atoms with Crippen LogP contribution in [0.1, 0.15) is 19.3 Å². The van der Waals surface area contributed by atoms with Gasteiger partial charge in [0.1, 0.15) is 5.75 Å². The first-order chi connectivity index (χ1) is 8.84. The summed E-state index contributed by atoms with van der Waals surface area (Å²) >= 11 is 1.90. The van der Waals surface area contributed by atoms with Gasteiger partial charge in [-0.2, -0.15) is 0 Å². The molecule has 2 aromatic carbocycles.